The summed E-state index contributed by atoms with van der Waals surface area (Å²) in [5, 5.41) is 6.52. The van der Waals surface area contributed by atoms with Gasteiger partial charge in [-0.05, 0) is 0 Å². The summed E-state index contributed by atoms with van der Waals surface area (Å²) in [6.07, 6.45) is 0. The average Bonchev–Trinajstić information content (AvgIpc) is 2.82. The molecule has 0 saturated heterocycles. The van der Waals surface area contributed by atoms with E-state index in [2.05, 4.69) is 20.4 Å². The second-order valence-corrected chi connectivity index (χ2v) is 6.21. The molecule has 118 valence electrons. The lowest BCUT2D eigenvalue weighted by atomic mass is 10.2. The number of hydrogen-bond acceptors (Lipinski definition) is 4. The molecule has 2 heterocycles. The summed E-state index contributed by atoms with van der Waals surface area (Å²) >= 11 is 23.5. The Hall–Kier alpha value is -1.08. The molecule has 0 unspecified atom stereocenters. The standard InChI is InChI=1S/C12H11Cl4N5O/c1-4(2)10-18-12(21(3)20-10)19-11(22)8-6(14)5(13)7(15)9(16)17-8/h4H,1-3H3,(H,18,19,20,22). The van der Waals surface area contributed by atoms with E-state index in [0.29, 0.717) is 5.82 Å². The van der Waals surface area contributed by atoms with E-state index in [9.17, 15) is 4.79 Å². The van der Waals surface area contributed by atoms with Crippen LogP contribution >= 0.6 is 46.4 Å². The van der Waals surface area contributed by atoms with E-state index in [1.54, 1.807) is 7.05 Å². The zero-order valence-corrected chi connectivity index (χ0v) is 14.8. The van der Waals surface area contributed by atoms with Crippen molar-refractivity contribution in [2.45, 2.75) is 19.8 Å². The van der Waals surface area contributed by atoms with Gasteiger partial charge in [0.05, 0.1) is 15.1 Å². The van der Waals surface area contributed by atoms with Gasteiger partial charge in [0, 0.05) is 13.0 Å². The summed E-state index contributed by atoms with van der Waals surface area (Å²) in [7, 11) is 1.66. The molecule has 6 nitrogen and oxygen atoms in total. The van der Waals surface area contributed by atoms with Gasteiger partial charge in [-0.3, -0.25) is 10.1 Å². The molecule has 10 heteroatoms. The first-order chi connectivity index (χ1) is 10.2. The van der Waals surface area contributed by atoms with Crippen LogP contribution < -0.4 is 5.32 Å². The van der Waals surface area contributed by atoms with E-state index in [1.165, 1.54) is 4.68 Å². The monoisotopic (exact) mass is 381 g/mol. The van der Waals surface area contributed by atoms with Crippen LogP contribution in [0.2, 0.25) is 20.2 Å². The van der Waals surface area contributed by atoms with Crippen LogP contribution in [0.5, 0.6) is 0 Å². The number of nitrogens with zero attached hydrogens (tertiary/aromatic N) is 4. The quantitative estimate of drug-likeness (QED) is 0.807. The van der Waals surface area contributed by atoms with E-state index >= 15 is 0 Å². The highest BCUT2D eigenvalue weighted by molar-refractivity contribution is 6.52. The fraction of sp³-hybridized carbons (Fsp3) is 0.333. The van der Waals surface area contributed by atoms with Crippen LogP contribution in [0.3, 0.4) is 0 Å². The van der Waals surface area contributed by atoms with Crippen molar-refractivity contribution >= 4 is 58.3 Å². The lowest BCUT2D eigenvalue weighted by Gasteiger charge is -2.08. The van der Waals surface area contributed by atoms with Gasteiger partial charge in [0.1, 0.15) is 5.15 Å². The number of aromatic nitrogens is 4. The van der Waals surface area contributed by atoms with Gasteiger partial charge in [0.15, 0.2) is 11.5 Å². The van der Waals surface area contributed by atoms with Gasteiger partial charge in [-0.25, -0.2) is 9.67 Å². The van der Waals surface area contributed by atoms with Crippen molar-refractivity contribution in [3.8, 4) is 0 Å². The molecule has 0 aliphatic rings. The predicted molar refractivity (Wildman–Crippen MR) is 87.3 cm³/mol. The minimum Gasteiger partial charge on any atom is -0.289 e. The molecule has 2 aromatic rings. The Morgan fingerprint density at radius 1 is 1.09 bits per heavy atom. The first-order valence-electron chi connectivity index (χ1n) is 6.14. The van der Waals surface area contributed by atoms with Crippen LogP contribution in [0.15, 0.2) is 0 Å². The second kappa shape index (κ2) is 6.58. The smallest absolute Gasteiger partial charge is 0.278 e. The molecule has 0 radical (unpaired) electrons. The Bertz CT molecular complexity index is 744. The summed E-state index contributed by atoms with van der Waals surface area (Å²) < 4.78 is 1.44. The van der Waals surface area contributed by atoms with Crippen molar-refractivity contribution in [1.29, 1.82) is 0 Å². The molecule has 2 rings (SSSR count). The topological polar surface area (TPSA) is 72.7 Å². The van der Waals surface area contributed by atoms with E-state index in [4.69, 9.17) is 46.4 Å². The normalized spacial score (nSPS) is 11.1. The molecule has 0 aromatic carbocycles. The van der Waals surface area contributed by atoms with Crippen molar-refractivity contribution in [2.24, 2.45) is 7.05 Å². The Morgan fingerprint density at radius 3 is 2.27 bits per heavy atom. The predicted octanol–water partition coefficient (Wildman–Crippen LogP) is 4.20. The van der Waals surface area contributed by atoms with E-state index in [0.717, 1.165) is 0 Å². The summed E-state index contributed by atoms with van der Waals surface area (Å²) in [6, 6.07) is 0. The van der Waals surface area contributed by atoms with Crippen LogP contribution in [0.1, 0.15) is 36.1 Å². The van der Waals surface area contributed by atoms with Gasteiger partial charge in [-0.2, -0.15) is 10.1 Å². The first kappa shape index (κ1) is 17.3. The maximum absolute atomic E-state index is 12.3. The van der Waals surface area contributed by atoms with Crippen LogP contribution in [0.25, 0.3) is 0 Å². The molecular weight excluding hydrogens is 372 g/mol. The summed E-state index contributed by atoms with van der Waals surface area (Å²) in [5.74, 6) is 0.368. The molecule has 0 aliphatic carbocycles. The highest BCUT2D eigenvalue weighted by Gasteiger charge is 2.22. The molecule has 22 heavy (non-hydrogen) atoms. The molecule has 0 saturated carbocycles. The van der Waals surface area contributed by atoms with Gasteiger partial charge in [0.2, 0.25) is 5.95 Å². The van der Waals surface area contributed by atoms with Crippen molar-refractivity contribution < 1.29 is 4.79 Å². The van der Waals surface area contributed by atoms with E-state index < -0.39 is 5.91 Å². The third kappa shape index (κ3) is 3.30. The number of aryl methyl sites for hydroxylation is 1. The van der Waals surface area contributed by atoms with Gasteiger partial charge in [-0.15, -0.1) is 0 Å². The lowest BCUT2D eigenvalue weighted by Crippen LogP contribution is -2.17. The number of anilines is 1. The zero-order chi connectivity index (χ0) is 16.6. The minimum absolute atomic E-state index is 0.00867. The zero-order valence-electron chi connectivity index (χ0n) is 11.8. The number of carbonyl (C=O) groups is 1. The fourth-order valence-corrected chi connectivity index (χ4v) is 2.37. The third-order valence-corrected chi connectivity index (χ3v) is 4.40. The SMILES string of the molecule is CC(C)c1nc(NC(=O)c2nc(Cl)c(Cl)c(Cl)c2Cl)n(C)n1. The van der Waals surface area contributed by atoms with Crippen LogP contribution in [-0.4, -0.2) is 25.7 Å². The van der Waals surface area contributed by atoms with Crippen LogP contribution in [0.4, 0.5) is 5.95 Å². The largest absolute Gasteiger partial charge is 0.289 e. The summed E-state index contributed by atoms with van der Waals surface area (Å²) in [6.45, 7) is 3.89. The summed E-state index contributed by atoms with van der Waals surface area (Å²) in [5.41, 5.74) is -0.143. The number of hydrogen-bond donors (Lipinski definition) is 1. The number of rotatable bonds is 3. The molecule has 0 fully saturated rings. The van der Waals surface area contributed by atoms with Gasteiger partial charge < -0.3 is 0 Å². The van der Waals surface area contributed by atoms with Crippen molar-refractivity contribution in [3.63, 3.8) is 0 Å². The Kier molecular flexibility index (Phi) is 5.17. The molecule has 1 N–H and O–H groups in total. The molecule has 2 aromatic heterocycles. The maximum atomic E-state index is 12.3. The Morgan fingerprint density at radius 2 is 1.73 bits per heavy atom. The van der Waals surface area contributed by atoms with Crippen LogP contribution in [-0.2, 0) is 7.05 Å². The first-order valence-corrected chi connectivity index (χ1v) is 7.65. The third-order valence-electron chi connectivity index (χ3n) is 2.72. The number of nitrogens with one attached hydrogen (secondary N) is 1. The van der Waals surface area contributed by atoms with Gasteiger partial charge in [-0.1, -0.05) is 60.3 Å². The van der Waals surface area contributed by atoms with Crippen LogP contribution in [0, 0.1) is 0 Å². The van der Waals surface area contributed by atoms with E-state index in [-0.39, 0.29) is 37.8 Å². The molecule has 0 bridgehead atoms. The highest BCUT2D eigenvalue weighted by atomic mass is 35.5. The van der Waals surface area contributed by atoms with Crippen molar-refractivity contribution in [3.05, 3.63) is 31.7 Å². The fourth-order valence-electron chi connectivity index (χ4n) is 1.56. The summed E-state index contributed by atoms with van der Waals surface area (Å²) in [4.78, 5) is 20.4. The van der Waals surface area contributed by atoms with E-state index in [1.807, 2.05) is 13.8 Å². The van der Waals surface area contributed by atoms with Crippen molar-refractivity contribution in [2.75, 3.05) is 5.32 Å². The molecule has 0 spiro atoms. The molecule has 0 aliphatic heterocycles. The molecule has 0 atom stereocenters. The number of carbonyl (C=O) groups excluding carboxylic acids is 1. The molecule has 1 amide bonds. The van der Waals surface area contributed by atoms with Gasteiger partial charge >= 0.3 is 0 Å². The second-order valence-electron chi connectivity index (χ2n) is 4.72. The Labute approximate surface area is 146 Å². The highest BCUT2D eigenvalue weighted by Crippen LogP contribution is 2.36. The maximum Gasteiger partial charge on any atom is 0.278 e. The average molecular weight is 383 g/mol. The number of halogens is 4. The molecular formula is C12H11Cl4N5O. The number of amides is 1. The van der Waals surface area contributed by atoms with Gasteiger partial charge in [0.25, 0.3) is 5.91 Å². The number of pyridine rings is 1. The lowest BCUT2D eigenvalue weighted by molar-refractivity contribution is 0.102. The minimum atomic E-state index is -0.615. The van der Waals surface area contributed by atoms with Crippen molar-refractivity contribution in [1.82, 2.24) is 19.7 Å². The Balaban J connectivity index is 2.34.